The number of hydrogen-bond donors (Lipinski definition) is 2. The van der Waals surface area contributed by atoms with Gasteiger partial charge in [0.1, 0.15) is 0 Å². The molecule has 1 heterocycles. The average Bonchev–Trinajstić information content (AvgIpc) is 3.30. The van der Waals surface area contributed by atoms with Gasteiger partial charge in [0.05, 0.1) is 16.1 Å². The van der Waals surface area contributed by atoms with Crippen molar-refractivity contribution < 1.29 is 45.2 Å². The van der Waals surface area contributed by atoms with E-state index in [0.717, 1.165) is 23.9 Å². The molecule has 0 spiro atoms. The van der Waals surface area contributed by atoms with Gasteiger partial charge in [-0.05, 0) is 53.4 Å². The minimum absolute atomic E-state index is 0.0772. The van der Waals surface area contributed by atoms with Gasteiger partial charge in [0, 0.05) is 34.8 Å². The molecule has 0 bridgehead atoms. The van der Waals surface area contributed by atoms with E-state index in [-0.39, 0.29) is 21.7 Å². The zero-order valence-corrected chi connectivity index (χ0v) is 20.0. The number of aromatic nitrogens is 4. The van der Waals surface area contributed by atoms with Crippen LogP contribution in [0.15, 0.2) is 46.5 Å². The third-order valence-electron chi connectivity index (χ3n) is 5.05. The van der Waals surface area contributed by atoms with Gasteiger partial charge in [0.2, 0.25) is 11.1 Å². The van der Waals surface area contributed by atoms with Crippen LogP contribution in [-0.2, 0) is 12.5 Å². The fourth-order valence-electron chi connectivity index (χ4n) is 3.11. The Hall–Kier alpha value is -4.29. The fourth-order valence-corrected chi connectivity index (χ4v) is 4.05. The molecular formula is C20H14F7N7O4S. The molecule has 0 aliphatic rings. The monoisotopic (exact) mass is 581 g/mol. The van der Waals surface area contributed by atoms with Crippen LogP contribution in [0.2, 0.25) is 0 Å². The maximum atomic E-state index is 14.3. The second-order valence-corrected chi connectivity index (χ2v) is 8.55. The normalized spacial score (nSPS) is 12.3. The van der Waals surface area contributed by atoms with E-state index in [1.54, 1.807) is 6.92 Å². The average molecular weight is 581 g/mol. The maximum absolute atomic E-state index is 14.3. The molecule has 1 aromatic heterocycles. The maximum Gasteiger partial charge on any atom is 0.460 e. The molecule has 0 unspecified atom stereocenters. The zero-order chi connectivity index (χ0) is 29.3. The van der Waals surface area contributed by atoms with Crippen molar-refractivity contribution in [2.45, 2.75) is 41.5 Å². The summed E-state index contributed by atoms with van der Waals surface area (Å²) in [5.74, 6) is -15.4. The largest absolute Gasteiger partial charge is 0.460 e. The molecule has 0 atom stereocenters. The lowest BCUT2D eigenvalue weighted by molar-refractivity contribution is -0.384. The molecular weight excluding hydrogens is 567 g/mol. The minimum atomic E-state index is -6.67. The van der Waals surface area contributed by atoms with Crippen LogP contribution in [0, 0.1) is 10.1 Å². The van der Waals surface area contributed by atoms with Crippen LogP contribution in [0.25, 0.3) is 0 Å². The van der Waals surface area contributed by atoms with E-state index >= 15 is 0 Å². The summed E-state index contributed by atoms with van der Waals surface area (Å²) in [4.78, 5) is 35.2. The summed E-state index contributed by atoms with van der Waals surface area (Å²) in [6.07, 6.45) is -6.67. The van der Waals surface area contributed by atoms with Crippen LogP contribution in [0.4, 0.5) is 42.1 Å². The lowest BCUT2D eigenvalue weighted by atomic mass is 9.95. The Kier molecular flexibility index (Phi) is 7.85. The van der Waals surface area contributed by atoms with Gasteiger partial charge in [0.25, 0.3) is 11.6 Å². The number of halogens is 7. The predicted molar refractivity (Wildman–Crippen MR) is 119 cm³/mol. The highest BCUT2D eigenvalue weighted by atomic mass is 32.2. The van der Waals surface area contributed by atoms with Gasteiger partial charge in [-0.15, -0.1) is 5.10 Å². The molecule has 2 aromatic carbocycles. The first-order valence-electron chi connectivity index (χ1n) is 10.3. The number of benzene rings is 2. The molecule has 0 saturated heterocycles. The smallest absolute Gasteiger partial charge is 0.366 e. The van der Waals surface area contributed by atoms with E-state index < -0.39 is 57.3 Å². The fraction of sp³-hybridized carbons (Fsp3) is 0.250. The quantitative estimate of drug-likeness (QED) is 0.214. The number of nitrogens with two attached hydrogens (primary N) is 1. The van der Waals surface area contributed by atoms with Gasteiger partial charge < -0.3 is 11.1 Å². The van der Waals surface area contributed by atoms with Gasteiger partial charge in [-0.2, -0.15) is 30.7 Å². The van der Waals surface area contributed by atoms with E-state index in [1.165, 1.54) is 10.7 Å². The highest BCUT2D eigenvalue weighted by Gasteiger charge is 2.74. The topological polar surface area (TPSA) is 159 Å². The van der Waals surface area contributed by atoms with Crippen LogP contribution in [-0.4, -0.2) is 49.0 Å². The van der Waals surface area contributed by atoms with Gasteiger partial charge in [-0.25, -0.2) is 4.68 Å². The second kappa shape index (κ2) is 10.5. The first kappa shape index (κ1) is 29.3. The van der Waals surface area contributed by atoms with Crippen molar-refractivity contribution >= 4 is 35.0 Å². The van der Waals surface area contributed by atoms with Crippen molar-refractivity contribution in [3.63, 3.8) is 0 Å². The zero-order valence-electron chi connectivity index (χ0n) is 19.2. The molecule has 208 valence electrons. The number of amides is 2. The number of carbonyl (C=O) groups excluding carboxylic acids is 2. The van der Waals surface area contributed by atoms with Crippen molar-refractivity contribution in [3.8, 4) is 0 Å². The van der Waals surface area contributed by atoms with E-state index in [1.807, 2.05) is 0 Å². The summed E-state index contributed by atoms with van der Waals surface area (Å²) >= 11 is 0.831. The third kappa shape index (κ3) is 5.61. The van der Waals surface area contributed by atoms with Crippen LogP contribution in [0.1, 0.15) is 33.2 Å². The molecule has 0 aliphatic heterocycles. The number of hydrogen-bond acceptors (Lipinski definition) is 8. The lowest BCUT2D eigenvalue weighted by Crippen LogP contribution is -2.50. The Balaban J connectivity index is 2.03. The number of nitrogens with one attached hydrogen (secondary N) is 1. The summed E-state index contributed by atoms with van der Waals surface area (Å²) in [6, 6.07) is 4.11. The Morgan fingerprint density at radius 2 is 1.74 bits per heavy atom. The lowest BCUT2D eigenvalue weighted by Gasteiger charge is -2.29. The third-order valence-corrected chi connectivity index (χ3v) is 6.10. The van der Waals surface area contributed by atoms with Crippen molar-refractivity contribution in [3.05, 3.63) is 63.2 Å². The number of anilines is 1. The van der Waals surface area contributed by atoms with E-state index in [0.29, 0.717) is 18.7 Å². The molecule has 0 radical (unpaired) electrons. The number of alkyl halides is 7. The molecule has 3 N–H and O–H groups in total. The molecule has 0 fully saturated rings. The molecule has 19 heteroatoms. The number of primary amides is 1. The van der Waals surface area contributed by atoms with Gasteiger partial charge in [-0.3, -0.25) is 19.7 Å². The molecule has 3 aromatic rings. The minimum Gasteiger partial charge on any atom is -0.366 e. The standard InChI is InChI=1S/C20H14F7N7O4S/c1-2-33-17(30-31-32-33)39-14-6-4-10(34(37)38)8-12(14)16(36)29-9-3-5-13(11(7-9)15(28)35)18(21,22)19(23,24)20(25,26)27/h3-8H,2H2,1H3,(H2,28,35)(H,29,36). The second-order valence-electron chi connectivity index (χ2n) is 7.54. The first-order valence-corrected chi connectivity index (χ1v) is 11.1. The Labute approximate surface area is 216 Å². The summed E-state index contributed by atoms with van der Waals surface area (Å²) in [5, 5.41) is 24.5. The summed E-state index contributed by atoms with van der Waals surface area (Å²) in [7, 11) is 0. The number of nitro benzene ring substituents is 1. The highest BCUT2D eigenvalue weighted by molar-refractivity contribution is 7.99. The molecule has 0 saturated carbocycles. The summed E-state index contributed by atoms with van der Waals surface area (Å²) in [6.45, 7) is 2.03. The summed E-state index contributed by atoms with van der Waals surface area (Å²) < 4.78 is 94.9. The number of non-ortho nitro benzene ring substituents is 1. The Morgan fingerprint density at radius 1 is 1.08 bits per heavy atom. The van der Waals surface area contributed by atoms with Crippen molar-refractivity contribution in [2.75, 3.05) is 5.32 Å². The Bertz CT molecular complexity index is 1450. The SMILES string of the molecule is CCn1nnnc1Sc1ccc([N+](=O)[O-])cc1C(=O)Nc1ccc(C(F)(F)C(F)(F)C(F)(F)F)c(C(N)=O)c1. The molecule has 3 rings (SSSR count). The number of tetrazole rings is 1. The molecule has 0 aliphatic carbocycles. The first-order chi connectivity index (χ1) is 18.0. The number of carbonyl (C=O) groups is 2. The van der Waals surface area contributed by atoms with E-state index in [4.69, 9.17) is 5.73 Å². The molecule has 39 heavy (non-hydrogen) atoms. The van der Waals surface area contributed by atoms with E-state index in [9.17, 15) is 50.4 Å². The van der Waals surface area contributed by atoms with Gasteiger partial charge in [-0.1, -0.05) is 0 Å². The van der Waals surface area contributed by atoms with E-state index in [2.05, 4.69) is 20.8 Å². The number of aryl methyl sites for hydroxylation is 1. The number of nitro groups is 1. The van der Waals surface area contributed by atoms with Crippen LogP contribution < -0.4 is 11.1 Å². The highest BCUT2D eigenvalue weighted by Crippen LogP contribution is 2.52. The number of nitrogens with zero attached hydrogens (tertiary/aromatic N) is 5. The number of rotatable bonds is 9. The van der Waals surface area contributed by atoms with Crippen molar-refractivity contribution in [1.82, 2.24) is 20.2 Å². The van der Waals surface area contributed by atoms with Gasteiger partial charge >= 0.3 is 18.0 Å². The predicted octanol–water partition coefficient (Wildman–Crippen LogP) is 4.39. The molecule has 2 amide bonds. The Morgan fingerprint density at radius 3 is 2.31 bits per heavy atom. The van der Waals surface area contributed by atoms with Crippen LogP contribution in [0.5, 0.6) is 0 Å². The van der Waals surface area contributed by atoms with Crippen molar-refractivity contribution in [2.24, 2.45) is 5.73 Å². The van der Waals surface area contributed by atoms with Crippen LogP contribution in [0.3, 0.4) is 0 Å². The molecule has 11 nitrogen and oxygen atoms in total. The van der Waals surface area contributed by atoms with Crippen molar-refractivity contribution in [1.29, 1.82) is 0 Å². The summed E-state index contributed by atoms with van der Waals surface area (Å²) in [5.41, 5.74) is 0.0790. The van der Waals surface area contributed by atoms with Crippen LogP contribution >= 0.6 is 11.8 Å². The van der Waals surface area contributed by atoms with Gasteiger partial charge in [0.15, 0.2) is 0 Å².